The quantitative estimate of drug-likeness (QED) is 0.462. The summed E-state index contributed by atoms with van der Waals surface area (Å²) in [6.45, 7) is 1.69. The average Bonchev–Trinajstić information content (AvgIpc) is 3.19. The number of benzene rings is 2. The third kappa shape index (κ3) is 4.97. The number of carbonyl (C=O) groups is 2. The van der Waals surface area contributed by atoms with Crippen molar-refractivity contribution < 1.29 is 22.4 Å². The summed E-state index contributed by atoms with van der Waals surface area (Å²) in [5.41, 5.74) is 6.57. The van der Waals surface area contributed by atoms with Crippen molar-refractivity contribution in [2.24, 2.45) is 5.10 Å². The smallest absolute Gasteiger partial charge is 0.305 e. The summed E-state index contributed by atoms with van der Waals surface area (Å²) < 4.78 is 30.8. The molecule has 1 aromatic heterocycles. The molecule has 1 aliphatic rings. The predicted octanol–water partition coefficient (Wildman–Crippen LogP) is 3.34. The highest BCUT2D eigenvalue weighted by molar-refractivity contribution is 7.89. The van der Waals surface area contributed by atoms with Crippen LogP contribution in [0.25, 0.3) is 0 Å². The minimum Gasteiger partial charge on any atom is -0.455 e. The minimum atomic E-state index is -3.83. The molecule has 2 amide bonds. The molecule has 0 saturated carbocycles. The maximum atomic E-state index is 12.7. The topological polar surface area (TPSA) is 130 Å². The number of hydrogen-bond donors (Lipinski definition) is 3. The Kier molecular flexibility index (Phi) is 6.71. The number of nitrogens with zero attached hydrogens (tertiary/aromatic N) is 1. The van der Waals surface area contributed by atoms with Gasteiger partial charge in [0.15, 0.2) is 5.76 Å². The van der Waals surface area contributed by atoms with Crippen LogP contribution in [-0.2, 0) is 16.4 Å². The molecule has 11 heteroatoms. The van der Waals surface area contributed by atoms with Crippen molar-refractivity contribution in [1.82, 2.24) is 15.7 Å². The summed E-state index contributed by atoms with van der Waals surface area (Å²) in [6, 6.07) is 14.1. The highest BCUT2D eigenvalue weighted by atomic mass is 35.5. The zero-order valence-electron chi connectivity index (χ0n) is 18.1. The van der Waals surface area contributed by atoms with Gasteiger partial charge in [-0.05, 0) is 56.2 Å². The number of nitrogens with one attached hydrogen (secondary N) is 3. The first-order valence-corrected chi connectivity index (χ1v) is 12.2. The number of carbonyl (C=O) groups excluding carboxylic acids is 2. The molecule has 0 fully saturated rings. The molecule has 9 nitrogen and oxygen atoms in total. The zero-order valence-corrected chi connectivity index (χ0v) is 19.7. The molecule has 0 radical (unpaired) electrons. The normalized spacial score (nSPS) is 14.4. The molecule has 0 spiro atoms. The Balaban J connectivity index is 1.51. The summed E-state index contributed by atoms with van der Waals surface area (Å²) in [7, 11) is -3.83. The third-order valence-corrected chi connectivity index (χ3v) is 6.76. The van der Waals surface area contributed by atoms with Gasteiger partial charge in [-0.25, -0.2) is 0 Å². The fraction of sp³-hybridized carbons (Fsp3) is 0.174. The molecular formula is C23H21ClN4O5S. The Morgan fingerprint density at radius 1 is 0.971 bits per heavy atom. The van der Waals surface area contributed by atoms with Crippen molar-refractivity contribution in [3.8, 4) is 0 Å². The average molecular weight is 501 g/mol. The SMILES string of the molecule is Cc1c(C(=O)NNC(=O)c2ccc(Cl)cc2)oc2c1/C(=N/NS(=O)(=O)c1ccccc1)CCC2. The lowest BCUT2D eigenvalue weighted by Crippen LogP contribution is -2.41. The van der Waals surface area contributed by atoms with E-state index in [9.17, 15) is 18.0 Å². The number of furan rings is 1. The number of hydrogen-bond acceptors (Lipinski definition) is 6. The van der Waals surface area contributed by atoms with Crippen molar-refractivity contribution >= 4 is 39.2 Å². The molecule has 0 bridgehead atoms. The van der Waals surface area contributed by atoms with Gasteiger partial charge in [-0.3, -0.25) is 20.4 Å². The van der Waals surface area contributed by atoms with Gasteiger partial charge in [-0.2, -0.15) is 18.4 Å². The lowest BCUT2D eigenvalue weighted by atomic mass is 9.93. The van der Waals surface area contributed by atoms with E-state index in [0.717, 1.165) is 0 Å². The van der Waals surface area contributed by atoms with Gasteiger partial charge in [0.25, 0.3) is 15.9 Å². The maximum Gasteiger partial charge on any atom is 0.305 e. The van der Waals surface area contributed by atoms with Crippen LogP contribution in [0.2, 0.25) is 5.02 Å². The number of rotatable bonds is 5. The first-order valence-electron chi connectivity index (χ1n) is 10.4. The molecule has 4 rings (SSSR count). The van der Waals surface area contributed by atoms with E-state index in [1.54, 1.807) is 37.3 Å². The molecular weight excluding hydrogens is 480 g/mol. The number of sulfonamides is 1. The van der Waals surface area contributed by atoms with Crippen molar-refractivity contribution in [3.63, 3.8) is 0 Å². The lowest BCUT2D eigenvalue weighted by Gasteiger charge is -2.14. The fourth-order valence-electron chi connectivity index (χ4n) is 3.61. The Bertz CT molecular complexity index is 1370. The third-order valence-electron chi connectivity index (χ3n) is 5.28. The molecule has 0 unspecified atom stereocenters. The second-order valence-electron chi connectivity index (χ2n) is 7.59. The van der Waals surface area contributed by atoms with Crippen LogP contribution in [0.4, 0.5) is 0 Å². The number of fused-ring (bicyclic) bond motifs is 1. The second-order valence-corrected chi connectivity index (χ2v) is 9.69. The van der Waals surface area contributed by atoms with Crippen LogP contribution in [0.1, 0.15) is 50.6 Å². The van der Waals surface area contributed by atoms with E-state index >= 15 is 0 Å². The summed E-state index contributed by atoms with van der Waals surface area (Å²) in [5.74, 6) is -0.604. The largest absolute Gasteiger partial charge is 0.455 e. The molecule has 1 aliphatic carbocycles. The van der Waals surface area contributed by atoms with Gasteiger partial charge in [-0.1, -0.05) is 29.8 Å². The molecule has 1 heterocycles. The molecule has 34 heavy (non-hydrogen) atoms. The maximum absolute atomic E-state index is 12.7. The van der Waals surface area contributed by atoms with E-state index in [0.29, 0.717) is 52.4 Å². The number of hydrazine groups is 1. The Hall–Kier alpha value is -3.63. The standard InChI is InChI=1S/C23H21ClN4O5S/c1-14-20-18(25-28-34(31,32)17-6-3-2-4-7-17)8-5-9-19(20)33-21(14)23(30)27-26-22(29)15-10-12-16(24)13-11-15/h2-4,6-7,10-13,28H,5,8-9H2,1H3,(H,26,29)(H,27,30)/b25-18+. The predicted molar refractivity (Wildman–Crippen MR) is 126 cm³/mol. The van der Waals surface area contributed by atoms with Crippen LogP contribution in [0.5, 0.6) is 0 Å². The molecule has 0 atom stereocenters. The van der Waals surface area contributed by atoms with Crippen molar-refractivity contribution in [1.29, 1.82) is 0 Å². The van der Waals surface area contributed by atoms with Crippen LogP contribution < -0.4 is 15.7 Å². The number of halogens is 1. The number of hydrazone groups is 1. The summed E-state index contributed by atoms with van der Waals surface area (Å²) in [5, 5.41) is 4.62. The Labute approximate surface area is 201 Å². The van der Waals surface area contributed by atoms with E-state index in [-0.39, 0.29) is 10.7 Å². The first kappa shape index (κ1) is 23.5. The van der Waals surface area contributed by atoms with Gasteiger partial charge in [0, 0.05) is 28.1 Å². The van der Waals surface area contributed by atoms with Gasteiger partial charge in [0.1, 0.15) is 5.76 Å². The Morgan fingerprint density at radius 3 is 2.35 bits per heavy atom. The number of amides is 2. The van der Waals surface area contributed by atoms with Crippen LogP contribution in [0.3, 0.4) is 0 Å². The number of aryl methyl sites for hydroxylation is 1. The van der Waals surface area contributed by atoms with Crippen molar-refractivity contribution in [2.75, 3.05) is 0 Å². The van der Waals surface area contributed by atoms with Gasteiger partial charge >= 0.3 is 5.91 Å². The molecule has 176 valence electrons. The van der Waals surface area contributed by atoms with Gasteiger partial charge in [0.2, 0.25) is 0 Å². The van der Waals surface area contributed by atoms with Crippen molar-refractivity contribution in [3.05, 3.63) is 87.8 Å². The highest BCUT2D eigenvalue weighted by Gasteiger charge is 2.28. The minimum absolute atomic E-state index is 0.0157. The lowest BCUT2D eigenvalue weighted by molar-refractivity contribution is 0.0829. The Morgan fingerprint density at radius 2 is 1.65 bits per heavy atom. The van der Waals surface area contributed by atoms with Crippen molar-refractivity contribution in [2.45, 2.75) is 31.1 Å². The van der Waals surface area contributed by atoms with Crippen LogP contribution >= 0.6 is 11.6 Å². The van der Waals surface area contributed by atoms with Gasteiger partial charge in [-0.15, -0.1) is 0 Å². The van der Waals surface area contributed by atoms with Crippen LogP contribution in [-0.4, -0.2) is 25.9 Å². The van der Waals surface area contributed by atoms with E-state index in [1.807, 2.05) is 0 Å². The van der Waals surface area contributed by atoms with E-state index in [2.05, 4.69) is 20.8 Å². The van der Waals surface area contributed by atoms with Gasteiger partial charge in [0.05, 0.1) is 10.6 Å². The van der Waals surface area contributed by atoms with E-state index in [1.165, 1.54) is 24.3 Å². The fourth-order valence-corrected chi connectivity index (χ4v) is 4.59. The van der Waals surface area contributed by atoms with Crippen LogP contribution in [0.15, 0.2) is 69.0 Å². The zero-order chi connectivity index (χ0) is 24.3. The van der Waals surface area contributed by atoms with Gasteiger partial charge < -0.3 is 4.42 Å². The molecule has 3 aromatic rings. The summed E-state index contributed by atoms with van der Waals surface area (Å²) in [6.07, 6.45) is 1.77. The summed E-state index contributed by atoms with van der Waals surface area (Å²) in [4.78, 5) is 27.3. The molecule has 0 aliphatic heterocycles. The monoisotopic (exact) mass is 500 g/mol. The second kappa shape index (κ2) is 9.70. The summed E-state index contributed by atoms with van der Waals surface area (Å²) >= 11 is 5.82. The highest BCUT2D eigenvalue weighted by Crippen LogP contribution is 2.30. The molecule has 3 N–H and O–H groups in total. The first-order chi connectivity index (χ1) is 16.3. The van der Waals surface area contributed by atoms with Crippen LogP contribution in [0, 0.1) is 6.92 Å². The van der Waals surface area contributed by atoms with E-state index < -0.39 is 21.8 Å². The molecule has 0 saturated heterocycles. The molecule has 2 aromatic carbocycles. The van der Waals surface area contributed by atoms with E-state index in [4.69, 9.17) is 16.0 Å².